The van der Waals surface area contributed by atoms with Crippen LogP contribution >= 0.6 is 0 Å². The summed E-state index contributed by atoms with van der Waals surface area (Å²) in [6.45, 7) is 2.13. The van der Waals surface area contributed by atoms with Crippen LogP contribution in [0.2, 0.25) is 0 Å². The minimum Gasteiger partial charge on any atom is -0.456 e. The molecule has 0 saturated carbocycles. The number of carbonyl (C=O) groups is 3. The van der Waals surface area contributed by atoms with Gasteiger partial charge in [-0.3, -0.25) is 0 Å². The zero-order valence-corrected chi connectivity index (χ0v) is 12.9. The van der Waals surface area contributed by atoms with Crippen LogP contribution in [0, 0.1) is 42.4 Å². The molecule has 0 radical (unpaired) electrons. The fourth-order valence-electron chi connectivity index (χ4n) is 1.67. The zero-order chi connectivity index (χ0) is 17.7. The summed E-state index contributed by atoms with van der Waals surface area (Å²) < 4.78 is 14.5. The van der Waals surface area contributed by atoms with Crippen LogP contribution in [0.5, 0.6) is 0 Å². The highest BCUT2D eigenvalue weighted by molar-refractivity contribution is 5.88. The van der Waals surface area contributed by atoms with Gasteiger partial charge < -0.3 is 14.2 Å². The molecule has 0 rings (SSSR count). The Morgan fingerprint density at radius 1 is 0.739 bits per heavy atom. The van der Waals surface area contributed by atoms with Crippen LogP contribution in [-0.2, 0) is 28.6 Å². The number of carbonyl (C=O) groups excluding carboxylic acids is 3. The predicted molar refractivity (Wildman–Crippen MR) is 81.3 cm³/mol. The van der Waals surface area contributed by atoms with E-state index in [1.807, 2.05) is 24.7 Å². The number of hydrogen-bond donors (Lipinski definition) is 0. The fourth-order valence-corrected chi connectivity index (χ4v) is 1.67. The van der Waals surface area contributed by atoms with Gasteiger partial charge in [0.15, 0.2) is 0 Å². The minimum absolute atomic E-state index is 0.0890. The van der Waals surface area contributed by atoms with E-state index in [0.717, 1.165) is 0 Å². The van der Waals surface area contributed by atoms with Gasteiger partial charge in [0.05, 0.1) is 19.8 Å². The van der Waals surface area contributed by atoms with Crippen LogP contribution in [0.1, 0.15) is 26.2 Å². The van der Waals surface area contributed by atoms with Gasteiger partial charge in [-0.15, -0.1) is 19.3 Å². The summed E-state index contributed by atoms with van der Waals surface area (Å²) in [4.78, 5) is 32.8. The second-order valence-corrected chi connectivity index (χ2v) is 4.90. The normalized spacial score (nSPS) is 9.65. The van der Waals surface area contributed by atoms with Crippen molar-refractivity contribution in [2.45, 2.75) is 26.2 Å². The maximum Gasteiger partial charge on any atom is 0.384 e. The minimum atomic E-state index is -0.759. The van der Waals surface area contributed by atoms with E-state index in [9.17, 15) is 14.4 Å². The summed E-state index contributed by atoms with van der Waals surface area (Å²) in [6.07, 6.45) is 16.0. The lowest BCUT2D eigenvalue weighted by atomic mass is 9.81. The van der Waals surface area contributed by atoms with Crippen LogP contribution in [0.15, 0.2) is 0 Å². The van der Waals surface area contributed by atoms with Crippen molar-refractivity contribution in [2.24, 2.45) is 5.41 Å². The first-order valence-electron chi connectivity index (χ1n) is 6.77. The summed E-state index contributed by atoms with van der Waals surface area (Å²) in [6, 6.07) is 0. The first-order chi connectivity index (χ1) is 10.9. The monoisotopic (exact) mass is 318 g/mol. The Morgan fingerprint density at radius 2 is 1.00 bits per heavy atom. The fraction of sp³-hybridized carbons (Fsp3) is 0.471. The molecule has 0 aromatic carbocycles. The van der Waals surface area contributed by atoms with E-state index in [1.54, 1.807) is 0 Å². The lowest BCUT2D eigenvalue weighted by Gasteiger charge is -2.28. The molecule has 6 heteroatoms. The van der Waals surface area contributed by atoms with Gasteiger partial charge in [0.2, 0.25) is 0 Å². The van der Waals surface area contributed by atoms with Crippen molar-refractivity contribution in [1.29, 1.82) is 0 Å². The van der Waals surface area contributed by atoms with E-state index in [0.29, 0.717) is 19.3 Å². The quantitative estimate of drug-likeness (QED) is 0.269. The molecule has 0 N–H and O–H groups in total. The number of rotatable bonds is 9. The molecule has 0 aliphatic heterocycles. The molecule has 6 nitrogen and oxygen atoms in total. The highest BCUT2D eigenvalue weighted by Crippen LogP contribution is 2.30. The molecule has 122 valence electrons. The maximum absolute atomic E-state index is 10.9. The third-order valence-corrected chi connectivity index (χ3v) is 3.17. The zero-order valence-electron chi connectivity index (χ0n) is 12.9. The maximum atomic E-state index is 10.9. The van der Waals surface area contributed by atoms with E-state index in [-0.39, 0.29) is 19.8 Å². The molecular formula is C17H18O6. The molecule has 0 spiro atoms. The van der Waals surface area contributed by atoms with E-state index in [1.165, 1.54) is 0 Å². The van der Waals surface area contributed by atoms with Gasteiger partial charge in [-0.05, 0) is 24.7 Å². The number of esters is 3. The Hall–Kier alpha value is -2.91. The summed E-state index contributed by atoms with van der Waals surface area (Å²) in [7, 11) is 0. The average molecular weight is 318 g/mol. The van der Waals surface area contributed by atoms with E-state index in [4.69, 9.17) is 33.5 Å². The molecule has 0 saturated heterocycles. The van der Waals surface area contributed by atoms with Gasteiger partial charge >= 0.3 is 17.9 Å². The molecule has 0 amide bonds. The summed E-state index contributed by atoms with van der Waals surface area (Å²) in [5.41, 5.74) is -0.432. The molecule has 23 heavy (non-hydrogen) atoms. The lowest BCUT2D eigenvalue weighted by molar-refractivity contribution is -0.138. The second kappa shape index (κ2) is 10.8. The first kappa shape index (κ1) is 20.1. The average Bonchev–Trinajstić information content (AvgIpc) is 2.54. The smallest absolute Gasteiger partial charge is 0.384 e. The van der Waals surface area contributed by atoms with E-state index >= 15 is 0 Å². The van der Waals surface area contributed by atoms with Gasteiger partial charge in [-0.25, -0.2) is 14.4 Å². The molecule has 0 atom stereocenters. The van der Waals surface area contributed by atoms with Crippen molar-refractivity contribution in [1.82, 2.24) is 0 Å². The van der Waals surface area contributed by atoms with Crippen LogP contribution in [0.25, 0.3) is 0 Å². The van der Waals surface area contributed by atoms with Gasteiger partial charge in [0.25, 0.3) is 0 Å². The number of ether oxygens (including phenoxy) is 3. The standard InChI is InChI=1S/C17H18O6/c1-5-14(18)21-11-8-17(4,9-12-22-15(19)6-2)10-13-23-16(20)7-3/h1-3H,8-13H2,4H3. The van der Waals surface area contributed by atoms with Crippen molar-refractivity contribution in [3.8, 4) is 37.0 Å². The topological polar surface area (TPSA) is 78.9 Å². The Labute approximate surface area is 135 Å². The van der Waals surface area contributed by atoms with Gasteiger partial charge in [0, 0.05) is 17.8 Å². The Morgan fingerprint density at radius 3 is 1.22 bits per heavy atom. The SMILES string of the molecule is C#CC(=O)OCCC(C)(CCOC(=O)C#C)CCOC(=O)C#C. The van der Waals surface area contributed by atoms with Crippen molar-refractivity contribution < 1.29 is 28.6 Å². The van der Waals surface area contributed by atoms with Crippen LogP contribution in [-0.4, -0.2) is 37.7 Å². The molecule has 0 aromatic heterocycles. The van der Waals surface area contributed by atoms with Crippen LogP contribution in [0.4, 0.5) is 0 Å². The van der Waals surface area contributed by atoms with Crippen LogP contribution in [0.3, 0.4) is 0 Å². The highest BCUT2D eigenvalue weighted by Gasteiger charge is 2.25. The van der Waals surface area contributed by atoms with E-state index in [2.05, 4.69) is 0 Å². The third kappa shape index (κ3) is 9.61. The first-order valence-corrected chi connectivity index (χ1v) is 6.77. The molecule has 0 unspecified atom stereocenters. The molecule has 0 bridgehead atoms. The summed E-state index contributed by atoms with van der Waals surface area (Å²) >= 11 is 0. The van der Waals surface area contributed by atoms with Gasteiger partial charge in [-0.2, -0.15) is 0 Å². The Balaban J connectivity index is 4.50. The summed E-state index contributed by atoms with van der Waals surface area (Å²) in [5.74, 6) is 3.24. The predicted octanol–water partition coefficient (Wildman–Crippen LogP) is 0.692. The molecule has 0 heterocycles. The molecular weight excluding hydrogens is 300 g/mol. The highest BCUT2D eigenvalue weighted by atomic mass is 16.5. The van der Waals surface area contributed by atoms with Crippen molar-refractivity contribution in [3.05, 3.63) is 0 Å². The molecule has 0 aromatic rings. The third-order valence-electron chi connectivity index (χ3n) is 3.17. The molecule has 0 aliphatic carbocycles. The Bertz CT molecular complexity index is 476. The van der Waals surface area contributed by atoms with E-state index < -0.39 is 23.3 Å². The van der Waals surface area contributed by atoms with Crippen molar-refractivity contribution in [2.75, 3.05) is 19.8 Å². The number of hydrogen-bond acceptors (Lipinski definition) is 6. The van der Waals surface area contributed by atoms with Crippen molar-refractivity contribution >= 4 is 17.9 Å². The lowest BCUT2D eigenvalue weighted by Crippen LogP contribution is -2.25. The Kier molecular flexibility index (Phi) is 9.40. The molecule has 0 fully saturated rings. The molecule has 0 aliphatic rings. The summed E-state index contributed by atoms with van der Waals surface area (Å²) in [5, 5.41) is 0. The van der Waals surface area contributed by atoms with Crippen molar-refractivity contribution in [3.63, 3.8) is 0 Å². The largest absolute Gasteiger partial charge is 0.456 e. The second-order valence-electron chi connectivity index (χ2n) is 4.90. The van der Waals surface area contributed by atoms with Gasteiger partial charge in [0.1, 0.15) is 0 Å². The van der Waals surface area contributed by atoms with Crippen LogP contribution < -0.4 is 0 Å². The number of terminal acetylenes is 3. The van der Waals surface area contributed by atoms with Gasteiger partial charge in [-0.1, -0.05) is 6.92 Å².